The Morgan fingerprint density at radius 1 is 0.733 bits per heavy atom. The Balaban J connectivity index is 1.73. The third kappa shape index (κ3) is 5.18. The third-order valence-electron chi connectivity index (χ3n) is 4.15. The molecule has 0 aliphatic heterocycles. The first kappa shape index (κ1) is 21.8. The number of rotatable bonds is 8. The Bertz CT molecular complexity index is 1210. The number of nitrogens with zero attached hydrogens (tertiary/aromatic N) is 1. The Morgan fingerprint density at radius 2 is 1.33 bits per heavy atom. The average Bonchev–Trinajstić information content (AvgIpc) is 2.74. The van der Waals surface area contributed by atoms with E-state index in [0.717, 1.165) is 15.9 Å². The minimum atomic E-state index is -4.21. The first-order valence-electron chi connectivity index (χ1n) is 8.92. The van der Waals surface area contributed by atoms with Crippen molar-refractivity contribution in [1.29, 1.82) is 0 Å². The third-order valence-corrected chi connectivity index (χ3v) is 7.20. The molecule has 158 valence electrons. The smallest absolute Gasteiger partial charge is 0.339 e. The molecule has 0 amide bonds. The standard InChI is InChI=1S/C21H21NO6S2/c1-22(2)29(23,24)20-9-6-10-21(15-20)30(25,26)28-19-13-11-18(12-14-19)27-16-17-7-4-3-5-8-17/h3-15H,16H2,1-2H3. The van der Waals surface area contributed by atoms with Crippen molar-refractivity contribution < 1.29 is 25.8 Å². The molecule has 30 heavy (non-hydrogen) atoms. The molecule has 0 spiro atoms. The van der Waals surface area contributed by atoms with Gasteiger partial charge >= 0.3 is 10.1 Å². The van der Waals surface area contributed by atoms with Gasteiger partial charge in [-0.2, -0.15) is 8.42 Å². The summed E-state index contributed by atoms with van der Waals surface area (Å²) in [6, 6.07) is 20.8. The van der Waals surface area contributed by atoms with Gasteiger partial charge in [0.1, 0.15) is 23.0 Å². The molecule has 0 saturated heterocycles. The van der Waals surface area contributed by atoms with E-state index in [1.165, 1.54) is 44.4 Å². The lowest BCUT2D eigenvalue weighted by Gasteiger charge is -2.13. The monoisotopic (exact) mass is 447 g/mol. The zero-order chi connectivity index (χ0) is 21.8. The second-order valence-corrected chi connectivity index (χ2v) is 10.2. The molecule has 0 unspecified atom stereocenters. The molecular weight excluding hydrogens is 426 g/mol. The molecule has 0 aliphatic rings. The summed E-state index contributed by atoms with van der Waals surface area (Å²) in [6.45, 7) is 0.381. The molecule has 3 rings (SSSR count). The van der Waals surface area contributed by atoms with Gasteiger partial charge in [0.2, 0.25) is 10.0 Å². The fourth-order valence-corrected chi connectivity index (χ4v) is 4.51. The molecule has 0 fully saturated rings. The zero-order valence-corrected chi connectivity index (χ0v) is 18.1. The van der Waals surface area contributed by atoms with Gasteiger partial charge < -0.3 is 8.92 Å². The molecule has 0 aliphatic carbocycles. The van der Waals surface area contributed by atoms with E-state index in [2.05, 4.69) is 0 Å². The summed E-state index contributed by atoms with van der Waals surface area (Å²) in [5.41, 5.74) is 1.01. The van der Waals surface area contributed by atoms with Crippen LogP contribution in [0, 0.1) is 0 Å². The Morgan fingerprint density at radius 3 is 1.97 bits per heavy atom. The van der Waals surface area contributed by atoms with E-state index < -0.39 is 20.1 Å². The zero-order valence-electron chi connectivity index (χ0n) is 16.4. The molecule has 0 radical (unpaired) electrons. The van der Waals surface area contributed by atoms with Crippen molar-refractivity contribution in [3.05, 3.63) is 84.4 Å². The second-order valence-electron chi connectivity index (χ2n) is 6.55. The number of hydrogen-bond acceptors (Lipinski definition) is 6. The van der Waals surface area contributed by atoms with Crippen molar-refractivity contribution in [3.8, 4) is 11.5 Å². The Labute approximate surface area is 176 Å². The molecular formula is C21H21NO6S2. The Kier molecular flexibility index (Phi) is 6.45. The van der Waals surface area contributed by atoms with Crippen molar-refractivity contribution in [1.82, 2.24) is 4.31 Å². The summed E-state index contributed by atoms with van der Waals surface area (Å²) >= 11 is 0. The van der Waals surface area contributed by atoms with Crippen LogP contribution in [0.4, 0.5) is 0 Å². The van der Waals surface area contributed by atoms with E-state index in [9.17, 15) is 16.8 Å². The second kappa shape index (κ2) is 8.86. The van der Waals surface area contributed by atoms with Crippen LogP contribution in [0.3, 0.4) is 0 Å². The quantitative estimate of drug-likeness (QED) is 0.492. The lowest BCUT2D eigenvalue weighted by Crippen LogP contribution is -2.22. The van der Waals surface area contributed by atoms with Crippen LogP contribution in [0.2, 0.25) is 0 Å². The molecule has 3 aromatic rings. The molecule has 0 aromatic heterocycles. The fourth-order valence-electron chi connectivity index (χ4n) is 2.51. The van der Waals surface area contributed by atoms with Gasteiger partial charge in [0.05, 0.1) is 4.90 Å². The highest BCUT2D eigenvalue weighted by Gasteiger charge is 2.22. The maximum Gasteiger partial charge on any atom is 0.339 e. The van der Waals surface area contributed by atoms with Crippen LogP contribution in [0.1, 0.15) is 5.56 Å². The van der Waals surface area contributed by atoms with E-state index >= 15 is 0 Å². The predicted molar refractivity (Wildman–Crippen MR) is 112 cm³/mol. The van der Waals surface area contributed by atoms with Crippen LogP contribution in [-0.2, 0) is 26.7 Å². The van der Waals surface area contributed by atoms with E-state index in [-0.39, 0.29) is 15.5 Å². The van der Waals surface area contributed by atoms with Crippen LogP contribution in [-0.4, -0.2) is 35.2 Å². The first-order valence-corrected chi connectivity index (χ1v) is 11.8. The van der Waals surface area contributed by atoms with Crippen molar-refractivity contribution in [2.75, 3.05) is 14.1 Å². The van der Waals surface area contributed by atoms with Gasteiger partial charge in [0, 0.05) is 14.1 Å². The SMILES string of the molecule is CN(C)S(=O)(=O)c1cccc(S(=O)(=O)Oc2ccc(OCc3ccccc3)cc2)c1. The lowest BCUT2D eigenvalue weighted by atomic mass is 10.2. The highest BCUT2D eigenvalue weighted by Crippen LogP contribution is 2.24. The van der Waals surface area contributed by atoms with Gasteiger partial charge in [-0.05, 0) is 48.0 Å². The van der Waals surface area contributed by atoms with E-state index in [0.29, 0.717) is 12.4 Å². The molecule has 3 aromatic carbocycles. The molecule has 9 heteroatoms. The molecule has 0 heterocycles. The topological polar surface area (TPSA) is 90.0 Å². The molecule has 0 N–H and O–H groups in total. The summed E-state index contributed by atoms with van der Waals surface area (Å²) < 4.78 is 61.5. The van der Waals surface area contributed by atoms with Gasteiger partial charge in [-0.25, -0.2) is 12.7 Å². The van der Waals surface area contributed by atoms with E-state index in [1.807, 2.05) is 30.3 Å². The lowest BCUT2D eigenvalue weighted by molar-refractivity contribution is 0.306. The summed E-state index contributed by atoms with van der Waals surface area (Å²) in [5.74, 6) is 0.644. The number of hydrogen-bond donors (Lipinski definition) is 0. The molecule has 0 atom stereocenters. The van der Waals surface area contributed by atoms with Crippen molar-refractivity contribution in [2.45, 2.75) is 16.4 Å². The van der Waals surface area contributed by atoms with Crippen LogP contribution in [0.15, 0.2) is 88.7 Å². The van der Waals surface area contributed by atoms with Crippen LogP contribution >= 0.6 is 0 Å². The summed E-state index contributed by atoms with van der Waals surface area (Å²) in [5, 5.41) is 0. The minimum absolute atomic E-state index is 0.0860. The fraction of sp³-hybridized carbons (Fsp3) is 0.143. The van der Waals surface area contributed by atoms with Crippen LogP contribution in [0.5, 0.6) is 11.5 Å². The van der Waals surface area contributed by atoms with E-state index in [4.69, 9.17) is 8.92 Å². The van der Waals surface area contributed by atoms with Crippen LogP contribution < -0.4 is 8.92 Å². The normalized spacial score (nSPS) is 12.0. The predicted octanol–water partition coefficient (Wildman–Crippen LogP) is 3.28. The average molecular weight is 448 g/mol. The maximum atomic E-state index is 12.6. The number of ether oxygens (including phenoxy) is 1. The number of benzene rings is 3. The van der Waals surface area contributed by atoms with Crippen molar-refractivity contribution in [3.63, 3.8) is 0 Å². The van der Waals surface area contributed by atoms with Gasteiger partial charge in [-0.1, -0.05) is 36.4 Å². The maximum absolute atomic E-state index is 12.6. The molecule has 0 saturated carbocycles. The highest BCUT2D eigenvalue weighted by atomic mass is 32.2. The first-order chi connectivity index (χ1) is 14.2. The minimum Gasteiger partial charge on any atom is -0.489 e. The largest absolute Gasteiger partial charge is 0.489 e. The van der Waals surface area contributed by atoms with Gasteiger partial charge in [-0.15, -0.1) is 0 Å². The molecule has 7 nitrogen and oxygen atoms in total. The molecule has 0 bridgehead atoms. The number of sulfonamides is 1. The van der Waals surface area contributed by atoms with Crippen molar-refractivity contribution >= 4 is 20.1 Å². The van der Waals surface area contributed by atoms with Gasteiger partial charge in [0.25, 0.3) is 0 Å². The van der Waals surface area contributed by atoms with Crippen molar-refractivity contribution in [2.24, 2.45) is 0 Å². The van der Waals surface area contributed by atoms with E-state index in [1.54, 1.807) is 12.1 Å². The summed E-state index contributed by atoms with van der Waals surface area (Å²) in [4.78, 5) is -0.392. The Hall–Kier alpha value is -2.88. The highest BCUT2D eigenvalue weighted by molar-refractivity contribution is 7.89. The van der Waals surface area contributed by atoms with Crippen LogP contribution in [0.25, 0.3) is 0 Å². The summed E-state index contributed by atoms with van der Waals surface area (Å²) in [6.07, 6.45) is 0. The van der Waals surface area contributed by atoms with Gasteiger partial charge in [0.15, 0.2) is 0 Å². The van der Waals surface area contributed by atoms with Gasteiger partial charge in [-0.3, -0.25) is 0 Å². The summed E-state index contributed by atoms with van der Waals surface area (Å²) in [7, 11) is -5.25.